The summed E-state index contributed by atoms with van der Waals surface area (Å²) < 4.78 is 10.2. The number of esters is 1. The number of nitrogens with zero attached hydrogens (tertiary/aromatic N) is 2. The lowest BCUT2D eigenvalue weighted by molar-refractivity contribution is -0.137. The van der Waals surface area contributed by atoms with E-state index in [2.05, 4.69) is 9.98 Å². The number of aromatic nitrogens is 1. The number of pyridine rings is 1. The Morgan fingerprint density at radius 3 is 2.65 bits per heavy atom. The smallest absolute Gasteiger partial charge is 0.341 e. The molecular weight excluding hydrogens is 258 g/mol. The average Bonchev–Trinajstić information content (AvgIpc) is 2.47. The van der Waals surface area contributed by atoms with Crippen molar-refractivity contribution < 1.29 is 14.3 Å². The van der Waals surface area contributed by atoms with E-state index in [1.54, 1.807) is 38.4 Å². The summed E-state index contributed by atoms with van der Waals surface area (Å²) in [4.78, 5) is 20.2. The molecule has 0 bridgehead atoms. The molecule has 1 rings (SSSR count). The quantitative estimate of drug-likeness (QED) is 0.485. The molecule has 1 aromatic rings. The Kier molecular flexibility index (Phi) is 6.39. The zero-order valence-corrected chi connectivity index (χ0v) is 11.9. The van der Waals surface area contributed by atoms with E-state index in [0.29, 0.717) is 11.4 Å². The Balaban J connectivity index is 3.18. The zero-order chi connectivity index (χ0) is 15.0. The van der Waals surface area contributed by atoms with E-state index in [-0.39, 0.29) is 12.2 Å². The van der Waals surface area contributed by atoms with Crippen molar-refractivity contribution in [2.24, 2.45) is 10.7 Å². The van der Waals surface area contributed by atoms with Crippen molar-refractivity contribution >= 4 is 17.4 Å². The molecule has 1 atom stereocenters. The topological polar surface area (TPSA) is 86.8 Å². The van der Waals surface area contributed by atoms with Crippen molar-refractivity contribution in [1.29, 1.82) is 0 Å². The Hall–Kier alpha value is -2.21. The highest BCUT2D eigenvalue weighted by Crippen LogP contribution is 2.15. The fourth-order valence-corrected chi connectivity index (χ4v) is 1.51. The van der Waals surface area contributed by atoms with Gasteiger partial charge in [-0.05, 0) is 26.0 Å². The molecule has 1 heterocycles. The normalized spacial score (nSPS) is 13.9. The summed E-state index contributed by atoms with van der Waals surface area (Å²) in [6.07, 6.45) is 4.02. The molecule has 0 unspecified atom stereocenters. The largest absolute Gasteiger partial charge is 0.462 e. The summed E-state index contributed by atoms with van der Waals surface area (Å²) in [5, 5.41) is 0. The van der Waals surface area contributed by atoms with E-state index in [9.17, 15) is 4.79 Å². The number of carbonyl (C=O) groups is 1. The molecule has 0 aliphatic carbocycles. The third kappa shape index (κ3) is 4.17. The van der Waals surface area contributed by atoms with Crippen LogP contribution in [0.15, 0.2) is 41.3 Å². The second-order valence-corrected chi connectivity index (χ2v) is 3.88. The monoisotopic (exact) mass is 277 g/mol. The molecule has 0 saturated heterocycles. The average molecular weight is 277 g/mol. The fourth-order valence-electron chi connectivity index (χ4n) is 1.51. The first kappa shape index (κ1) is 15.8. The number of ether oxygens (including phenoxy) is 2. The van der Waals surface area contributed by atoms with Crippen molar-refractivity contribution in [3.05, 3.63) is 36.3 Å². The second kappa shape index (κ2) is 8.06. The Labute approximate surface area is 118 Å². The minimum atomic E-state index is -0.522. The molecule has 108 valence electrons. The van der Waals surface area contributed by atoms with E-state index >= 15 is 0 Å². The lowest BCUT2D eigenvalue weighted by atomic mass is 10.1. The summed E-state index contributed by atoms with van der Waals surface area (Å²) in [6.45, 7) is 3.77. The third-order valence-electron chi connectivity index (χ3n) is 2.59. The molecule has 0 amide bonds. The van der Waals surface area contributed by atoms with Crippen LogP contribution >= 0.6 is 0 Å². The maximum Gasteiger partial charge on any atom is 0.341 e. The van der Waals surface area contributed by atoms with Crippen molar-refractivity contribution in [3.63, 3.8) is 0 Å². The molecule has 0 aliphatic heterocycles. The SMILES string of the molecule is CCOC(=O)C(=CN)C(=Nc1ccncc1)[C@H](C)OC. The summed E-state index contributed by atoms with van der Waals surface area (Å²) in [7, 11) is 1.53. The van der Waals surface area contributed by atoms with Gasteiger partial charge in [0.15, 0.2) is 0 Å². The summed E-state index contributed by atoms with van der Waals surface area (Å²) >= 11 is 0. The van der Waals surface area contributed by atoms with Crippen LogP contribution in [-0.4, -0.2) is 36.5 Å². The van der Waals surface area contributed by atoms with E-state index in [4.69, 9.17) is 15.2 Å². The molecule has 0 radical (unpaired) electrons. The van der Waals surface area contributed by atoms with Gasteiger partial charge < -0.3 is 15.2 Å². The minimum absolute atomic E-state index is 0.193. The van der Waals surface area contributed by atoms with Gasteiger partial charge >= 0.3 is 5.97 Å². The molecule has 0 saturated carbocycles. The van der Waals surface area contributed by atoms with Gasteiger partial charge in [0.1, 0.15) is 0 Å². The van der Waals surface area contributed by atoms with Gasteiger partial charge in [-0.3, -0.25) is 4.98 Å². The fraction of sp³-hybridized carbons (Fsp3) is 0.357. The number of methoxy groups -OCH3 is 1. The van der Waals surface area contributed by atoms with Crippen molar-refractivity contribution in [3.8, 4) is 0 Å². The van der Waals surface area contributed by atoms with Crippen LogP contribution in [0.5, 0.6) is 0 Å². The molecule has 6 heteroatoms. The highest BCUT2D eigenvalue weighted by Gasteiger charge is 2.22. The molecule has 0 spiro atoms. The molecule has 20 heavy (non-hydrogen) atoms. The van der Waals surface area contributed by atoms with E-state index in [1.807, 2.05) is 0 Å². The first-order valence-electron chi connectivity index (χ1n) is 6.24. The highest BCUT2D eigenvalue weighted by molar-refractivity contribution is 6.22. The third-order valence-corrected chi connectivity index (χ3v) is 2.59. The number of nitrogens with two attached hydrogens (primary N) is 1. The van der Waals surface area contributed by atoms with Gasteiger partial charge in [-0.25, -0.2) is 9.79 Å². The predicted molar refractivity (Wildman–Crippen MR) is 76.7 cm³/mol. The van der Waals surface area contributed by atoms with Gasteiger partial charge in [-0.15, -0.1) is 0 Å². The highest BCUT2D eigenvalue weighted by atomic mass is 16.5. The van der Waals surface area contributed by atoms with Gasteiger partial charge in [0.25, 0.3) is 0 Å². The Bertz CT molecular complexity index is 498. The van der Waals surface area contributed by atoms with Gasteiger partial charge in [0.05, 0.1) is 29.7 Å². The summed E-state index contributed by atoms with van der Waals surface area (Å²) in [5.74, 6) is -0.522. The van der Waals surface area contributed by atoms with Crippen LogP contribution in [0.25, 0.3) is 0 Å². The number of carbonyl (C=O) groups excluding carboxylic acids is 1. The van der Waals surface area contributed by atoms with Crippen LogP contribution in [0, 0.1) is 0 Å². The number of aliphatic imine (C=N–C) groups is 1. The number of hydrogen-bond donors (Lipinski definition) is 1. The lowest BCUT2D eigenvalue weighted by Gasteiger charge is -2.15. The van der Waals surface area contributed by atoms with Gasteiger partial charge in [-0.2, -0.15) is 0 Å². The van der Waals surface area contributed by atoms with Crippen LogP contribution in [0.4, 0.5) is 5.69 Å². The minimum Gasteiger partial charge on any atom is -0.462 e. The lowest BCUT2D eigenvalue weighted by Crippen LogP contribution is -2.27. The van der Waals surface area contributed by atoms with Crippen LogP contribution in [0.1, 0.15) is 13.8 Å². The first-order valence-corrected chi connectivity index (χ1v) is 6.24. The van der Waals surface area contributed by atoms with Crippen LogP contribution in [0.3, 0.4) is 0 Å². The summed E-state index contributed by atoms with van der Waals surface area (Å²) in [6, 6.07) is 3.45. The second-order valence-electron chi connectivity index (χ2n) is 3.88. The molecule has 6 nitrogen and oxygen atoms in total. The van der Waals surface area contributed by atoms with Crippen LogP contribution in [0.2, 0.25) is 0 Å². The molecule has 1 aromatic heterocycles. The number of hydrogen-bond acceptors (Lipinski definition) is 6. The standard InChI is InChI=1S/C14H19N3O3/c1-4-20-14(18)12(9-15)13(10(2)19-3)17-11-5-7-16-8-6-11/h5-10H,4,15H2,1-3H3/t10-/m0/s1. The van der Waals surface area contributed by atoms with Crippen molar-refractivity contribution in [2.45, 2.75) is 20.0 Å². The zero-order valence-electron chi connectivity index (χ0n) is 11.9. The van der Waals surface area contributed by atoms with Crippen LogP contribution in [-0.2, 0) is 14.3 Å². The summed E-state index contributed by atoms with van der Waals surface area (Å²) in [5.41, 5.74) is 6.80. The predicted octanol–water partition coefficient (Wildman–Crippen LogP) is 1.59. The molecule has 0 aromatic carbocycles. The molecule has 0 fully saturated rings. The van der Waals surface area contributed by atoms with E-state index in [0.717, 1.165) is 0 Å². The van der Waals surface area contributed by atoms with Gasteiger partial charge in [0.2, 0.25) is 0 Å². The van der Waals surface area contributed by atoms with Gasteiger partial charge in [0, 0.05) is 25.7 Å². The maximum atomic E-state index is 11.9. The molecule has 0 aliphatic rings. The maximum absolute atomic E-state index is 11.9. The Morgan fingerprint density at radius 2 is 2.15 bits per heavy atom. The van der Waals surface area contributed by atoms with E-state index < -0.39 is 12.1 Å². The van der Waals surface area contributed by atoms with Crippen molar-refractivity contribution in [1.82, 2.24) is 4.98 Å². The van der Waals surface area contributed by atoms with E-state index in [1.165, 1.54) is 13.3 Å². The molecule has 2 N–H and O–H groups in total. The van der Waals surface area contributed by atoms with Crippen LogP contribution < -0.4 is 5.73 Å². The first-order chi connectivity index (χ1) is 9.63. The van der Waals surface area contributed by atoms with Gasteiger partial charge in [-0.1, -0.05) is 0 Å². The Morgan fingerprint density at radius 1 is 1.50 bits per heavy atom. The van der Waals surface area contributed by atoms with Crippen molar-refractivity contribution in [2.75, 3.05) is 13.7 Å². The number of rotatable bonds is 6. The molecular formula is C14H19N3O3.